The Balaban J connectivity index is 1.74. The molecule has 3 N–H and O–H groups in total. The number of aryl methyl sites for hydroxylation is 2. The van der Waals surface area contributed by atoms with Crippen molar-refractivity contribution in [3.63, 3.8) is 0 Å². The van der Waals surface area contributed by atoms with Crippen LogP contribution >= 0.6 is 0 Å². The molecule has 10 heteroatoms. The number of aromatic hydroxyl groups is 1. The van der Waals surface area contributed by atoms with Crippen LogP contribution in [0, 0.1) is 6.92 Å². The normalized spacial score (nSPS) is 15.6. The molecule has 1 aliphatic heterocycles. The maximum Gasteiger partial charge on any atom is 0.265 e. The Morgan fingerprint density at radius 3 is 2.32 bits per heavy atom. The van der Waals surface area contributed by atoms with Gasteiger partial charge >= 0.3 is 0 Å². The number of piperazine rings is 1. The number of amides is 2. The van der Waals surface area contributed by atoms with Crippen molar-refractivity contribution < 1.29 is 23.1 Å². The first-order valence-electron chi connectivity index (χ1n) is 8.66. The van der Waals surface area contributed by atoms with E-state index in [4.69, 9.17) is 5.73 Å². The molecular formula is C18H22N4O5S. The summed E-state index contributed by atoms with van der Waals surface area (Å²) >= 11 is 0. The van der Waals surface area contributed by atoms with Crippen LogP contribution in [0.3, 0.4) is 0 Å². The molecule has 1 aromatic carbocycles. The van der Waals surface area contributed by atoms with E-state index in [0.717, 1.165) is 5.56 Å². The number of phenols is 1. The van der Waals surface area contributed by atoms with E-state index in [-0.39, 0.29) is 54.0 Å². The summed E-state index contributed by atoms with van der Waals surface area (Å²) in [4.78, 5) is 25.5. The molecule has 2 aromatic rings. The van der Waals surface area contributed by atoms with Crippen LogP contribution in [-0.4, -0.2) is 65.3 Å². The zero-order valence-electron chi connectivity index (χ0n) is 15.6. The van der Waals surface area contributed by atoms with Crippen molar-refractivity contribution in [3.8, 4) is 5.75 Å². The molecule has 3 rings (SSSR count). The van der Waals surface area contributed by atoms with Crippen LogP contribution in [0.15, 0.2) is 35.4 Å². The topological polar surface area (TPSA) is 126 Å². The minimum absolute atomic E-state index is 0.0140. The van der Waals surface area contributed by atoms with Crippen LogP contribution in [0.4, 0.5) is 0 Å². The van der Waals surface area contributed by atoms with Gasteiger partial charge in [0.15, 0.2) is 0 Å². The molecule has 0 radical (unpaired) electrons. The third-order valence-corrected chi connectivity index (χ3v) is 6.64. The van der Waals surface area contributed by atoms with Gasteiger partial charge in [0.1, 0.15) is 16.3 Å². The van der Waals surface area contributed by atoms with Gasteiger partial charge in [-0.25, -0.2) is 8.42 Å². The molecule has 28 heavy (non-hydrogen) atoms. The van der Waals surface area contributed by atoms with Crippen LogP contribution in [0.5, 0.6) is 5.75 Å². The molecule has 2 heterocycles. The fourth-order valence-electron chi connectivity index (χ4n) is 3.19. The first-order valence-corrected chi connectivity index (χ1v) is 10.1. The molecule has 9 nitrogen and oxygen atoms in total. The van der Waals surface area contributed by atoms with E-state index in [2.05, 4.69) is 0 Å². The van der Waals surface area contributed by atoms with Crippen LogP contribution in [-0.2, 0) is 17.1 Å². The Kier molecular flexibility index (Phi) is 5.18. The minimum Gasteiger partial charge on any atom is -0.507 e. The average Bonchev–Trinajstić information content (AvgIpc) is 3.06. The highest BCUT2D eigenvalue weighted by Crippen LogP contribution is 2.23. The van der Waals surface area contributed by atoms with E-state index in [9.17, 15) is 23.1 Å². The van der Waals surface area contributed by atoms with Crippen LogP contribution in [0.2, 0.25) is 0 Å². The van der Waals surface area contributed by atoms with Crippen LogP contribution in [0.1, 0.15) is 26.4 Å². The SMILES string of the molecule is Cc1ccc(O)c(C(=O)N2CCN(S(=O)(=O)c3cc(C(N)=O)n(C)c3)CC2)c1. The second-order valence-electron chi connectivity index (χ2n) is 6.75. The molecule has 2 amide bonds. The number of carbonyl (C=O) groups is 2. The van der Waals surface area contributed by atoms with E-state index in [1.165, 1.54) is 32.1 Å². The van der Waals surface area contributed by atoms with Crippen molar-refractivity contribution in [2.24, 2.45) is 12.8 Å². The first kappa shape index (κ1) is 19.9. The Labute approximate surface area is 163 Å². The molecule has 0 bridgehead atoms. The molecular weight excluding hydrogens is 384 g/mol. The number of benzene rings is 1. The van der Waals surface area contributed by atoms with Gasteiger partial charge < -0.3 is 20.3 Å². The molecule has 1 aromatic heterocycles. The minimum atomic E-state index is -3.81. The number of aromatic nitrogens is 1. The average molecular weight is 406 g/mol. The lowest BCUT2D eigenvalue weighted by Gasteiger charge is -2.34. The van der Waals surface area contributed by atoms with Gasteiger partial charge in [0.05, 0.1) is 5.56 Å². The third-order valence-electron chi connectivity index (χ3n) is 4.78. The second-order valence-corrected chi connectivity index (χ2v) is 8.69. The number of nitrogens with two attached hydrogens (primary N) is 1. The van der Waals surface area contributed by atoms with E-state index < -0.39 is 15.9 Å². The third kappa shape index (κ3) is 3.60. The van der Waals surface area contributed by atoms with Gasteiger partial charge in [-0.05, 0) is 25.1 Å². The summed E-state index contributed by atoms with van der Waals surface area (Å²) in [7, 11) is -2.26. The number of carbonyl (C=O) groups excluding carboxylic acids is 2. The van der Waals surface area contributed by atoms with Crippen LogP contribution in [0.25, 0.3) is 0 Å². The second kappa shape index (κ2) is 7.28. The number of hydrogen-bond donors (Lipinski definition) is 2. The van der Waals surface area contributed by atoms with Crippen molar-refractivity contribution in [1.82, 2.24) is 13.8 Å². The molecule has 0 atom stereocenters. The lowest BCUT2D eigenvalue weighted by Crippen LogP contribution is -2.50. The highest BCUT2D eigenvalue weighted by Gasteiger charge is 2.32. The van der Waals surface area contributed by atoms with E-state index >= 15 is 0 Å². The maximum atomic E-state index is 12.8. The predicted molar refractivity (Wildman–Crippen MR) is 101 cm³/mol. The summed E-state index contributed by atoms with van der Waals surface area (Å²) < 4.78 is 28.3. The summed E-state index contributed by atoms with van der Waals surface area (Å²) in [6.07, 6.45) is 1.34. The molecule has 0 unspecified atom stereocenters. The van der Waals surface area contributed by atoms with Gasteiger partial charge in [-0.2, -0.15) is 4.31 Å². The molecule has 150 valence electrons. The number of phenolic OH excluding ortho intramolecular Hbond substituents is 1. The summed E-state index contributed by atoms with van der Waals surface area (Å²) in [5.74, 6) is -1.15. The number of hydrogen-bond acceptors (Lipinski definition) is 5. The van der Waals surface area contributed by atoms with Crippen molar-refractivity contribution in [1.29, 1.82) is 0 Å². The molecule has 1 fully saturated rings. The highest BCUT2D eigenvalue weighted by atomic mass is 32.2. The largest absolute Gasteiger partial charge is 0.507 e. The first-order chi connectivity index (χ1) is 13.1. The van der Waals surface area contributed by atoms with Gasteiger partial charge in [-0.1, -0.05) is 11.6 Å². The van der Waals surface area contributed by atoms with E-state index in [1.807, 2.05) is 6.92 Å². The number of rotatable bonds is 4. The summed E-state index contributed by atoms with van der Waals surface area (Å²) in [5.41, 5.74) is 6.39. The fourth-order valence-corrected chi connectivity index (χ4v) is 4.69. The molecule has 0 spiro atoms. The monoisotopic (exact) mass is 406 g/mol. The Hall–Kier alpha value is -2.85. The van der Waals surface area contributed by atoms with Gasteiger partial charge in [0.2, 0.25) is 10.0 Å². The Morgan fingerprint density at radius 1 is 1.11 bits per heavy atom. The predicted octanol–water partition coefficient (Wildman–Crippen LogP) is 0.285. The van der Waals surface area contributed by atoms with Crippen molar-refractivity contribution in [3.05, 3.63) is 47.3 Å². The number of primary amides is 1. The summed E-state index contributed by atoms with van der Waals surface area (Å²) in [6, 6.07) is 6.03. The molecule has 0 aliphatic carbocycles. The molecule has 1 aliphatic rings. The van der Waals surface area contributed by atoms with Crippen molar-refractivity contribution in [2.45, 2.75) is 11.8 Å². The standard InChI is InChI=1S/C18H22N4O5S/c1-12-3-4-16(23)14(9-12)18(25)21-5-7-22(8-6-21)28(26,27)13-10-15(17(19)24)20(2)11-13/h3-4,9-11,23H,5-8H2,1-2H3,(H2,19,24). The highest BCUT2D eigenvalue weighted by molar-refractivity contribution is 7.89. The van der Waals surface area contributed by atoms with Crippen LogP contribution < -0.4 is 5.73 Å². The van der Waals surface area contributed by atoms with Gasteiger partial charge in [0, 0.05) is 39.4 Å². The van der Waals surface area contributed by atoms with E-state index in [1.54, 1.807) is 19.2 Å². The quantitative estimate of drug-likeness (QED) is 0.754. The van der Waals surface area contributed by atoms with Gasteiger partial charge in [-0.15, -0.1) is 0 Å². The maximum absolute atomic E-state index is 12.8. The number of sulfonamides is 1. The summed E-state index contributed by atoms with van der Waals surface area (Å²) in [5, 5.41) is 9.95. The van der Waals surface area contributed by atoms with Crippen molar-refractivity contribution >= 4 is 21.8 Å². The Morgan fingerprint density at radius 2 is 1.75 bits per heavy atom. The zero-order valence-corrected chi connectivity index (χ0v) is 16.4. The fraction of sp³-hybridized carbons (Fsp3) is 0.333. The summed E-state index contributed by atoms with van der Waals surface area (Å²) in [6.45, 7) is 2.44. The number of nitrogens with zero attached hydrogens (tertiary/aromatic N) is 3. The lowest BCUT2D eigenvalue weighted by atomic mass is 10.1. The van der Waals surface area contributed by atoms with E-state index in [0.29, 0.717) is 0 Å². The smallest absolute Gasteiger partial charge is 0.265 e. The Bertz CT molecular complexity index is 1040. The molecule has 1 saturated heterocycles. The molecule has 0 saturated carbocycles. The van der Waals surface area contributed by atoms with Crippen molar-refractivity contribution in [2.75, 3.05) is 26.2 Å². The lowest BCUT2D eigenvalue weighted by molar-refractivity contribution is 0.0694. The van der Waals surface area contributed by atoms with Gasteiger partial charge in [-0.3, -0.25) is 9.59 Å². The zero-order chi connectivity index (χ0) is 20.6. The van der Waals surface area contributed by atoms with Gasteiger partial charge in [0.25, 0.3) is 11.8 Å².